The molecule has 0 saturated heterocycles. The molecule has 0 bridgehead atoms. The molecule has 1 N–H and O–H groups in total. The highest BCUT2D eigenvalue weighted by molar-refractivity contribution is 9.11. The summed E-state index contributed by atoms with van der Waals surface area (Å²) in [5.41, 5.74) is -0.829. The summed E-state index contributed by atoms with van der Waals surface area (Å²) >= 11 is 6.47. The number of aromatic nitrogens is 1. The molecule has 1 atom stereocenters. The fourth-order valence-electron chi connectivity index (χ4n) is 1.77. The maximum absolute atomic E-state index is 12.9. The van der Waals surface area contributed by atoms with Crippen molar-refractivity contribution in [3.05, 3.63) is 62.3 Å². The molecule has 1 unspecified atom stereocenters. The van der Waals surface area contributed by atoms with Crippen molar-refractivity contribution >= 4 is 31.9 Å². The first-order chi connectivity index (χ1) is 9.30. The standard InChI is InChI=1S/C13H8Br2F3NO/c14-7-1-2-8(11(15)5-7)12(20)9-6-19-4-3-10(9)13(16,17)18/h1-6,12,20H. The SMILES string of the molecule is OC(c1ccc(Br)cc1Br)c1cnccc1C(F)(F)F. The van der Waals surface area contributed by atoms with Gasteiger partial charge in [0.1, 0.15) is 6.10 Å². The van der Waals surface area contributed by atoms with Gasteiger partial charge >= 0.3 is 6.18 Å². The number of hydrogen-bond acceptors (Lipinski definition) is 2. The Bertz CT molecular complexity index is 631. The summed E-state index contributed by atoms with van der Waals surface area (Å²) < 4.78 is 40.1. The third-order valence-electron chi connectivity index (χ3n) is 2.71. The van der Waals surface area contributed by atoms with Crippen molar-refractivity contribution in [1.82, 2.24) is 4.98 Å². The van der Waals surface area contributed by atoms with Gasteiger partial charge in [-0.25, -0.2) is 0 Å². The van der Waals surface area contributed by atoms with E-state index in [0.717, 1.165) is 22.9 Å². The second kappa shape index (κ2) is 5.83. The predicted molar refractivity (Wildman–Crippen MR) is 75.1 cm³/mol. The highest BCUT2D eigenvalue weighted by Crippen LogP contribution is 2.38. The Morgan fingerprint density at radius 3 is 2.40 bits per heavy atom. The molecule has 2 rings (SSSR count). The summed E-state index contributed by atoms with van der Waals surface area (Å²) in [5, 5.41) is 10.2. The van der Waals surface area contributed by atoms with Gasteiger partial charge < -0.3 is 5.11 Å². The Balaban J connectivity index is 2.51. The van der Waals surface area contributed by atoms with E-state index >= 15 is 0 Å². The van der Waals surface area contributed by atoms with Gasteiger partial charge in [-0.1, -0.05) is 37.9 Å². The van der Waals surface area contributed by atoms with E-state index < -0.39 is 17.8 Å². The molecule has 106 valence electrons. The first kappa shape index (κ1) is 15.5. The minimum Gasteiger partial charge on any atom is -0.384 e. The van der Waals surface area contributed by atoms with E-state index in [2.05, 4.69) is 36.8 Å². The molecule has 20 heavy (non-hydrogen) atoms. The maximum Gasteiger partial charge on any atom is 0.416 e. The quantitative estimate of drug-likeness (QED) is 0.777. The topological polar surface area (TPSA) is 33.1 Å². The summed E-state index contributed by atoms with van der Waals surface area (Å²) in [7, 11) is 0. The Morgan fingerprint density at radius 2 is 1.80 bits per heavy atom. The van der Waals surface area contributed by atoms with Gasteiger partial charge in [0.2, 0.25) is 0 Å². The van der Waals surface area contributed by atoms with Crippen LogP contribution >= 0.6 is 31.9 Å². The Hall–Kier alpha value is -0.920. The first-order valence-electron chi connectivity index (χ1n) is 5.45. The molecule has 1 heterocycles. The van der Waals surface area contributed by atoms with Crippen molar-refractivity contribution in [2.24, 2.45) is 0 Å². The molecule has 0 aliphatic rings. The van der Waals surface area contributed by atoms with Gasteiger partial charge in [-0.05, 0) is 23.8 Å². The van der Waals surface area contributed by atoms with Crippen LogP contribution < -0.4 is 0 Å². The van der Waals surface area contributed by atoms with Crippen LogP contribution in [0.4, 0.5) is 13.2 Å². The van der Waals surface area contributed by atoms with Crippen molar-refractivity contribution in [2.45, 2.75) is 12.3 Å². The average Bonchev–Trinajstić information content (AvgIpc) is 2.37. The van der Waals surface area contributed by atoms with E-state index in [-0.39, 0.29) is 5.56 Å². The van der Waals surface area contributed by atoms with E-state index in [9.17, 15) is 18.3 Å². The fraction of sp³-hybridized carbons (Fsp3) is 0.154. The number of benzene rings is 1. The van der Waals surface area contributed by atoms with Crippen LogP contribution in [0.25, 0.3) is 0 Å². The second-order valence-corrected chi connectivity index (χ2v) is 5.80. The minimum atomic E-state index is -4.54. The number of alkyl halides is 3. The van der Waals surface area contributed by atoms with Gasteiger partial charge in [0.05, 0.1) is 5.56 Å². The minimum absolute atomic E-state index is 0.275. The molecule has 0 spiro atoms. The monoisotopic (exact) mass is 409 g/mol. The number of aliphatic hydroxyl groups excluding tert-OH is 1. The van der Waals surface area contributed by atoms with Crippen LogP contribution in [0.3, 0.4) is 0 Å². The van der Waals surface area contributed by atoms with Crippen LogP contribution in [0.1, 0.15) is 22.8 Å². The summed E-state index contributed by atoms with van der Waals surface area (Å²) in [5.74, 6) is 0. The Kier molecular flexibility index (Phi) is 4.51. The molecule has 1 aromatic carbocycles. The average molecular weight is 411 g/mol. The van der Waals surface area contributed by atoms with Crippen molar-refractivity contribution in [3.8, 4) is 0 Å². The van der Waals surface area contributed by atoms with Crippen LogP contribution in [0, 0.1) is 0 Å². The molecule has 2 nitrogen and oxygen atoms in total. The zero-order valence-electron chi connectivity index (χ0n) is 9.83. The van der Waals surface area contributed by atoms with Crippen molar-refractivity contribution < 1.29 is 18.3 Å². The smallest absolute Gasteiger partial charge is 0.384 e. The zero-order valence-corrected chi connectivity index (χ0v) is 13.0. The molecule has 0 aliphatic carbocycles. The first-order valence-corrected chi connectivity index (χ1v) is 7.03. The Labute approximate surface area is 129 Å². The molecular weight excluding hydrogens is 403 g/mol. The summed E-state index contributed by atoms with van der Waals surface area (Å²) in [6.45, 7) is 0. The largest absolute Gasteiger partial charge is 0.416 e. The Morgan fingerprint density at radius 1 is 1.10 bits per heavy atom. The highest BCUT2D eigenvalue weighted by Gasteiger charge is 2.35. The molecule has 0 radical (unpaired) electrons. The lowest BCUT2D eigenvalue weighted by molar-refractivity contribution is -0.139. The van der Waals surface area contributed by atoms with E-state index in [1.54, 1.807) is 18.2 Å². The normalized spacial score (nSPS) is 13.3. The maximum atomic E-state index is 12.9. The van der Waals surface area contributed by atoms with E-state index in [1.165, 1.54) is 0 Å². The number of halogens is 5. The lowest BCUT2D eigenvalue weighted by Gasteiger charge is -2.18. The predicted octanol–water partition coefficient (Wildman–Crippen LogP) is 4.71. The summed E-state index contributed by atoms with van der Waals surface area (Å²) in [4.78, 5) is 3.67. The van der Waals surface area contributed by atoms with Gasteiger partial charge in [0.25, 0.3) is 0 Å². The molecular formula is C13H8Br2F3NO. The van der Waals surface area contributed by atoms with Crippen molar-refractivity contribution in [3.63, 3.8) is 0 Å². The van der Waals surface area contributed by atoms with Gasteiger partial charge in [-0.2, -0.15) is 13.2 Å². The lowest BCUT2D eigenvalue weighted by atomic mass is 9.98. The molecule has 0 amide bonds. The number of aliphatic hydroxyl groups is 1. The molecule has 2 aromatic rings. The van der Waals surface area contributed by atoms with Gasteiger partial charge in [-0.15, -0.1) is 0 Å². The van der Waals surface area contributed by atoms with Gasteiger partial charge in [0, 0.05) is 26.9 Å². The molecule has 0 fully saturated rings. The zero-order chi connectivity index (χ0) is 14.9. The van der Waals surface area contributed by atoms with Crippen molar-refractivity contribution in [2.75, 3.05) is 0 Å². The number of nitrogens with zero attached hydrogens (tertiary/aromatic N) is 1. The van der Waals surface area contributed by atoms with Gasteiger partial charge in [0.15, 0.2) is 0 Å². The van der Waals surface area contributed by atoms with Crippen LogP contribution in [0.5, 0.6) is 0 Å². The summed E-state index contributed by atoms with van der Waals surface area (Å²) in [6, 6.07) is 5.70. The molecule has 7 heteroatoms. The second-order valence-electron chi connectivity index (χ2n) is 4.03. The van der Waals surface area contributed by atoms with Gasteiger partial charge in [-0.3, -0.25) is 4.98 Å². The third kappa shape index (κ3) is 3.21. The van der Waals surface area contributed by atoms with E-state index in [4.69, 9.17) is 0 Å². The lowest BCUT2D eigenvalue weighted by Crippen LogP contribution is -2.13. The summed E-state index contributed by atoms with van der Waals surface area (Å²) in [6.07, 6.45) is -3.87. The molecule has 0 saturated carbocycles. The van der Waals surface area contributed by atoms with Crippen LogP contribution in [-0.2, 0) is 6.18 Å². The molecule has 1 aromatic heterocycles. The third-order valence-corrected chi connectivity index (χ3v) is 3.89. The van der Waals surface area contributed by atoms with Crippen molar-refractivity contribution in [1.29, 1.82) is 0 Å². The number of hydrogen-bond donors (Lipinski definition) is 1. The van der Waals surface area contributed by atoms with E-state index in [1.807, 2.05) is 0 Å². The number of rotatable bonds is 2. The van der Waals surface area contributed by atoms with Crippen LogP contribution in [0.15, 0.2) is 45.6 Å². The fourth-order valence-corrected chi connectivity index (χ4v) is 3.04. The van der Waals surface area contributed by atoms with Crippen LogP contribution in [-0.4, -0.2) is 10.1 Å². The number of pyridine rings is 1. The molecule has 0 aliphatic heterocycles. The van der Waals surface area contributed by atoms with Crippen LogP contribution in [0.2, 0.25) is 0 Å². The highest BCUT2D eigenvalue weighted by atomic mass is 79.9. The van der Waals surface area contributed by atoms with E-state index in [0.29, 0.717) is 10.0 Å².